The lowest BCUT2D eigenvalue weighted by molar-refractivity contribution is -0.212. The summed E-state index contributed by atoms with van der Waals surface area (Å²) in [6.45, 7) is 15.5. The number of hydrogen-bond donors (Lipinski definition) is 0. The second-order valence-corrected chi connectivity index (χ2v) is 22.6. The molecule has 2 aromatic carbocycles. The number of methoxy groups -OCH3 is 3. The molecule has 2 aromatic rings. The van der Waals surface area contributed by atoms with Gasteiger partial charge >= 0.3 is 5.97 Å². The highest BCUT2D eigenvalue weighted by molar-refractivity contribution is 6.98. The Morgan fingerprint density at radius 3 is 2.00 bits per heavy atom. The highest BCUT2D eigenvalue weighted by Crippen LogP contribution is 2.55. The smallest absolute Gasteiger partial charge is 0.309 e. The summed E-state index contributed by atoms with van der Waals surface area (Å²) in [6, 6.07) is 6.69. The second kappa shape index (κ2) is 9.39. The minimum absolute atomic E-state index is 0.222. The number of esters is 1. The molecule has 0 saturated carbocycles. The molecule has 0 radical (unpaired) electrons. The summed E-state index contributed by atoms with van der Waals surface area (Å²) in [6.07, 6.45) is 0.460. The SMILES string of the molecule is COc1cc2c(c(OC)c1OC)-c1cc([Si](C)(C)C)c([Si](C)(C)C)cc1C1(OCCO1)[C@H]1COC(=O)[C@@H]1C2. The van der Waals surface area contributed by atoms with Crippen LogP contribution in [0.15, 0.2) is 18.2 Å². The Balaban J connectivity index is 1.98. The van der Waals surface area contributed by atoms with Crippen LogP contribution in [0.5, 0.6) is 17.2 Å². The van der Waals surface area contributed by atoms with E-state index in [2.05, 4.69) is 51.4 Å². The Hall–Kier alpha value is -2.34. The first kappa shape index (κ1) is 27.2. The molecule has 0 N–H and O–H groups in total. The monoisotopic (exact) mass is 556 g/mol. The number of ether oxygens (including phenoxy) is 6. The summed E-state index contributed by atoms with van der Waals surface area (Å²) in [5.41, 5.74) is 3.83. The predicted molar refractivity (Wildman–Crippen MR) is 153 cm³/mol. The van der Waals surface area contributed by atoms with E-state index in [0.29, 0.717) is 36.9 Å². The summed E-state index contributed by atoms with van der Waals surface area (Å²) >= 11 is 0. The van der Waals surface area contributed by atoms with Crippen LogP contribution in [0.2, 0.25) is 39.3 Å². The third kappa shape index (κ3) is 4.09. The Morgan fingerprint density at radius 1 is 0.842 bits per heavy atom. The molecule has 2 heterocycles. The van der Waals surface area contributed by atoms with Crippen LogP contribution in [-0.4, -0.2) is 63.3 Å². The number of fused-ring (bicyclic) bond motifs is 6. The molecular weight excluding hydrogens is 516 g/mol. The standard InChI is InChI=1S/C29H40O7Si2/c1-31-22-13-17-12-19-21(16-34-28(19)30)29(35-10-11-36-29)20-15-24(38(7,8)9)23(37(4,5)6)14-18(20)25(17)27(33-3)26(22)32-2/h13-15,19,21H,10-12,16H2,1-9H3/t19-,21+/m1/s1. The van der Waals surface area contributed by atoms with E-state index in [1.54, 1.807) is 21.3 Å². The molecule has 0 bridgehead atoms. The van der Waals surface area contributed by atoms with E-state index in [0.717, 1.165) is 22.3 Å². The van der Waals surface area contributed by atoms with Crippen LogP contribution in [0.1, 0.15) is 11.1 Å². The molecule has 5 rings (SSSR count). The maximum Gasteiger partial charge on any atom is 0.309 e. The number of rotatable bonds is 5. The van der Waals surface area contributed by atoms with Gasteiger partial charge in [0.1, 0.15) is 6.61 Å². The summed E-state index contributed by atoms with van der Waals surface area (Å²) in [4.78, 5) is 13.2. The molecule has 1 aliphatic carbocycles. The normalized spacial score (nSPS) is 22.2. The van der Waals surface area contributed by atoms with Gasteiger partial charge in [-0.05, 0) is 23.6 Å². The van der Waals surface area contributed by atoms with Crippen LogP contribution in [0.25, 0.3) is 11.1 Å². The Bertz CT molecular complexity index is 1270. The summed E-state index contributed by atoms with van der Waals surface area (Å²) in [7, 11) is 1.32. The first-order chi connectivity index (χ1) is 17.9. The maximum absolute atomic E-state index is 13.2. The molecule has 2 atom stereocenters. The zero-order valence-electron chi connectivity index (χ0n) is 24.1. The minimum Gasteiger partial charge on any atom is -0.493 e. The van der Waals surface area contributed by atoms with E-state index in [9.17, 15) is 4.79 Å². The molecule has 0 aromatic heterocycles. The number of carbonyl (C=O) groups excluding carboxylic acids is 1. The van der Waals surface area contributed by atoms with Crippen molar-refractivity contribution in [2.75, 3.05) is 41.2 Å². The van der Waals surface area contributed by atoms with E-state index in [4.69, 9.17) is 28.4 Å². The molecule has 2 aliphatic heterocycles. The molecule has 3 aliphatic rings. The van der Waals surface area contributed by atoms with Crippen LogP contribution in [0.4, 0.5) is 0 Å². The van der Waals surface area contributed by atoms with Gasteiger partial charge in [-0.25, -0.2) is 0 Å². The molecule has 2 saturated heterocycles. The van der Waals surface area contributed by atoms with Crippen LogP contribution < -0.4 is 24.6 Å². The summed E-state index contributed by atoms with van der Waals surface area (Å²) < 4.78 is 36.4. The minimum atomic E-state index is -1.79. The van der Waals surface area contributed by atoms with Gasteiger partial charge in [-0.1, -0.05) is 61.8 Å². The Kier molecular flexibility index (Phi) is 6.73. The molecule has 9 heteroatoms. The van der Waals surface area contributed by atoms with Crippen molar-refractivity contribution in [3.8, 4) is 28.4 Å². The van der Waals surface area contributed by atoms with Gasteiger partial charge in [-0.2, -0.15) is 0 Å². The van der Waals surface area contributed by atoms with Crippen molar-refractivity contribution in [3.63, 3.8) is 0 Å². The van der Waals surface area contributed by atoms with Crippen molar-refractivity contribution >= 4 is 32.5 Å². The Labute approximate surface area is 227 Å². The molecule has 0 amide bonds. The number of benzene rings is 2. The van der Waals surface area contributed by atoms with Crippen molar-refractivity contribution in [2.24, 2.45) is 11.8 Å². The molecule has 7 nitrogen and oxygen atoms in total. The van der Waals surface area contributed by atoms with Crippen molar-refractivity contribution < 1.29 is 33.2 Å². The average molecular weight is 557 g/mol. The van der Waals surface area contributed by atoms with Gasteiger partial charge in [-0.3, -0.25) is 4.79 Å². The van der Waals surface area contributed by atoms with E-state index in [1.165, 1.54) is 10.4 Å². The van der Waals surface area contributed by atoms with Gasteiger partial charge in [0.25, 0.3) is 0 Å². The van der Waals surface area contributed by atoms with Gasteiger partial charge in [0.15, 0.2) is 11.5 Å². The molecule has 1 spiro atoms. The molecule has 0 unspecified atom stereocenters. The lowest BCUT2D eigenvalue weighted by Crippen LogP contribution is -2.57. The average Bonchev–Trinajstić information content (AvgIpc) is 3.48. The first-order valence-electron chi connectivity index (χ1n) is 13.3. The highest BCUT2D eigenvalue weighted by Gasteiger charge is 2.57. The zero-order valence-corrected chi connectivity index (χ0v) is 26.1. The van der Waals surface area contributed by atoms with Crippen LogP contribution in [0.3, 0.4) is 0 Å². The van der Waals surface area contributed by atoms with E-state index >= 15 is 0 Å². The van der Waals surface area contributed by atoms with E-state index in [1.807, 2.05) is 6.07 Å². The number of carbonyl (C=O) groups is 1. The quantitative estimate of drug-likeness (QED) is 0.407. The van der Waals surface area contributed by atoms with Crippen molar-refractivity contribution in [3.05, 3.63) is 29.3 Å². The summed E-state index contributed by atoms with van der Waals surface area (Å²) in [5, 5.41) is 2.85. The molecule has 2 fully saturated rings. The zero-order chi connectivity index (χ0) is 27.6. The maximum atomic E-state index is 13.2. The molecule has 206 valence electrons. The second-order valence-electron chi connectivity index (χ2n) is 12.5. The first-order valence-corrected chi connectivity index (χ1v) is 20.3. The van der Waals surface area contributed by atoms with Crippen molar-refractivity contribution in [1.29, 1.82) is 0 Å². The van der Waals surface area contributed by atoms with E-state index < -0.39 is 27.9 Å². The van der Waals surface area contributed by atoms with Gasteiger partial charge in [0, 0.05) is 11.1 Å². The Morgan fingerprint density at radius 2 is 1.45 bits per heavy atom. The molecular formula is C29H40O7Si2. The largest absolute Gasteiger partial charge is 0.493 e. The van der Waals surface area contributed by atoms with Crippen molar-refractivity contribution in [1.82, 2.24) is 0 Å². The van der Waals surface area contributed by atoms with Crippen molar-refractivity contribution in [2.45, 2.75) is 51.5 Å². The third-order valence-corrected chi connectivity index (χ3v) is 12.5. The van der Waals surface area contributed by atoms with Gasteiger partial charge in [-0.15, -0.1) is 0 Å². The molecule has 38 heavy (non-hydrogen) atoms. The fourth-order valence-corrected chi connectivity index (χ4v) is 11.6. The van der Waals surface area contributed by atoms with Gasteiger partial charge < -0.3 is 28.4 Å². The van der Waals surface area contributed by atoms with Crippen LogP contribution in [0, 0.1) is 11.8 Å². The van der Waals surface area contributed by atoms with Crippen LogP contribution >= 0.6 is 0 Å². The lowest BCUT2D eigenvalue weighted by atomic mass is 9.74. The van der Waals surface area contributed by atoms with Crippen LogP contribution in [-0.2, 0) is 31.2 Å². The topological polar surface area (TPSA) is 72.5 Å². The number of cyclic esters (lactones) is 1. The lowest BCUT2D eigenvalue weighted by Gasteiger charge is -2.41. The third-order valence-electron chi connectivity index (χ3n) is 8.17. The van der Waals surface area contributed by atoms with E-state index in [-0.39, 0.29) is 18.5 Å². The van der Waals surface area contributed by atoms with Gasteiger partial charge in [0.2, 0.25) is 11.5 Å². The predicted octanol–water partition coefficient (Wildman–Crippen LogP) is 4.01. The highest BCUT2D eigenvalue weighted by atomic mass is 28.3. The van der Waals surface area contributed by atoms with Gasteiger partial charge in [0.05, 0.1) is 62.5 Å². The fourth-order valence-electron chi connectivity index (χ4n) is 6.39. The fraction of sp³-hybridized carbons (Fsp3) is 0.552. The summed E-state index contributed by atoms with van der Waals surface area (Å²) in [5.74, 6) is -0.305. The number of hydrogen-bond acceptors (Lipinski definition) is 7.